The van der Waals surface area contributed by atoms with Gasteiger partial charge in [-0.1, -0.05) is 11.2 Å². The zero-order valence-corrected chi connectivity index (χ0v) is 18.0. The van der Waals surface area contributed by atoms with Crippen molar-refractivity contribution in [1.29, 1.82) is 0 Å². The fourth-order valence-corrected chi connectivity index (χ4v) is 5.61. The molecule has 0 aliphatic carbocycles. The maximum absolute atomic E-state index is 13.3. The van der Waals surface area contributed by atoms with Gasteiger partial charge in [0.05, 0.1) is 5.69 Å². The fraction of sp³-hybridized carbons (Fsp3) is 0.652. The van der Waals surface area contributed by atoms with Gasteiger partial charge in [-0.3, -0.25) is 14.6 Å². The molecular weight excluding hydrogens is 380 g/mol. The van der Waals surface area contributed by atoms with Gasteiger partial charge < -0.3 is 13.8 Å². The molecule has 2 fully saturated rings. The van der Waals surface area contributed by atoms with Crippen molar-refractivity contribution in [3.8, 4) is 0 Å². The smallest absolute Gasteiger partial charge is 0.255 e. The molecule has 0 saturated carbocycles. The van der Waals surface area contributed by atoms with Crippen LogP contribution in [-0.2, 0) is 24.4 Å². The number of hydrogen-bond acceptors (Lipinski definition) is 6. The maximum atomic E-state index is 13.3. The lowest BCUT2D eigenvalue weighted by atomic mass is 9.82. The number of piperidine rings is 1. The molecule has 5 rings (SSSR count). The van der Waals surface area contributed by atoms with Gasteiger partial charge in [0.25, 0.3) is 5.56 Å². The van der Waals surface area contributed by atoms with Crippen molar-refractivity contribution in [2.24, 2.45) is 5.92 Å². The van der Waals surface area contributed by atoms with E-state index in [0.29, 0.717) is 31.0 Å². The second kappa shape index (κ2) is 8.29. The lowest BCUT2D eigenvalue weighted by Crippen LogP contribution is -2.52. The number of nitrogens with zero attached hydrogens (tertiary/aromatic N) is 4. The molecule has 0 radical (unpaired) electrons. The summed E-state index contributed by atoms with van der Waals surface area (Å²) < 4.78 is 12.8. The molecule has 0 spiro atoms. The summed E-state index contributed by atoms with van der Waals surface area (Å²) in [6.45, 7) is 8.00. The molecule has 2 aromatic heterocycles. The lowest BCUT2D eigenvalue weighted by molar-refractivity contribution is 0.00582. The van der Waals surface area contributed by atoms with Crippen molar-refractivity contribution in [1.82, 2.24) is 19.5 Å². The van der Waals surface area contributed by atoms with E-state index in [2.05, 4.69) is 25.6 Å². The van der Waals surface area contributed by atoms with Gasteiger partial charge in [-0.05, 0) is 45.2 Å². The molecular formula is C23H32N4O3. The predicted molar refractivity (Wildman–Crippen MR) is 113 cm³/mol. The number of likely N-dealkylation sites (tertiary alicyclic amines) is 1. The molecule has 7 nitrogen and oxygen atoms in total. The zero-order valence-electron chi connectivity index (χ0n) is 18.0. The van der Waals surface area contributed by atoms with Gasteiger partial charge in [-0.25, -0.2) is 0 Å². The Kier molecular flexibility index (Phi) is 5.52. The van der Waals surface area contributed by atoms with Crippen molar-refractivity contribution in [3.05, 3.63) is 51.3 Å². The van der Waals surface area contributed by atoms with Crippen LogP contribution < -0.4 is 5.56 Å². The first kappa shape index (κ1) is 20.0. The van der Waals surface area contributed by atoms with Crippen molar-refractivity contribution in [3.63, 3.8) is 0 Å². The highest BCUT2D eigenvalue weighted by Gasteiger charge is 2.37. The van der Waals surface area contributed by atoms with Gasteiger partial charge in [0.1, 0.15) is 5.76 Å². The molecule has 3 aliphatic rings. The van der Waals surface area contributed by atoms with E-state index >= 15 is 0 Å². The van der Waals surface area contributed by atoms with Crippen LogP contribution in [0.4, 0.5) is 0 Å². The van der Waals surface area contributed by atoms with E-state index < -0.39 is 0 Å². The van der Waals surface area contributed by atoms with Gasteiger partial charge in [0.2, 0.25) is 0 Å². The number of ether oxygens (including phenoxy) is 1. The molecule has 2 saturated heterocycles. The molecule has 162 valence electrons. The van der Waals surface area contributed by atoms with Gasteiger partial charge in [0, 0.05) is 75.2 Å². The minimum absolute atomic E-state index is 0.185. The first-order valence-electron chi connectivity index (χ1n) is 11.2. The van der Waals surface area contributed by atoms with Gasteiger partial charge in [0.15, 0.2) is 0 Å². The molecule has 30 heavy (non-hydrogen) atoms. The molecule has 7 heteroatoms. The topological polar surface area (TPSA) is 63.7 Å². The second-order valence-electron chi connectivity index (χ2n) is 9.40. The Hall–Kier alpha value is -1.96. The molecule has 2 aromatic rings. The normalized spacial score (nSPS) is 24.9. The first-order valence-corrected chi connectivity index (χ1v) is 11.2. The molecule has 0 unspecified atom stereocenters. The molecule has 2 atom stereocenters. The third-order valence-corrected chi connectivity index (χ3v) is 6.97. The SMILES string of the molecule is Cc1cc(CN(C)Cc2ccc3n(c2=O)C[C@H]2C[C@@H]3CN(C3CCOCC3)C2)no1. The Bertz CT molecular complexity index is 946. The monoisotopic (exact) mass is 412 g/mol. The van der Waals surface area contributed by atoms with E-state index in [1.807, 2.05) is 26.1 Å². The summed E-state index contributed by atoms with van der Waals surface area (Å²) in [5.41, 5.74) is 3.18. The third kappa shape index (κ3) is 3.98. The summed E-state index contributed by atoms with van der Waals surface area (Å²) in [7, 11) is 2.02. The van der Waals surface area contributed by atoms with Crippen LogP contribution in [0.25, 0.3) is 0 Å². The average molecular weight is 413 g/mol. The van der Waals surface area contributed by atoms with E-state index in [1.165, 1.54) is 12.1 Å². The number of hydrogen-bond donors (Lipinski definition) is 0. The first-order chi connectivity index (χ1) is 14.6. The molecule has 0 aromatic carbocycles. The summed E-state index contributed by atoms with van der Waals surface area (Å²) in [6, 6.07) is 6.85. The second-order valence-corrected chi connectivity index (χ2v) is 9.40. The number of aryl methyl sites for hydroxylation is 1. The molecule has 0 amide bonds. The molecule has 0 N–H and O–H groups in total. The van der Waals surface area contributed by atoms with Crippen LogP contribution in [-0.4, -0.2) is 58.9 Å². The van der Waals surface area contributed by atoms with Gasteiger partial charge >= 0.3 is 0 Å². The van der Waals surface area contributed by atoms with Crippen LogP contribution in [0.5, 0.6) is 0 Å². The molecule has 5 heterocycles. The summed E-state index contributed by atoms with van der Waals surface area (Å²) in [6.07, 6.45) is 3.50. The number of fused-ring (bicyclic) bond motifs is 4. The Morgan fingerprint density at radius 3 is 2.77 bits per heavy atom. The molecule has 2 bridgehead atoms. The lowest BCUT2D eigenvalue weighted by Gasteiger charge is -2.46. The van der Waals surface area contributed by atoms with E-state index in [4.69, 9.17) is 9.26 Å². The highest BCUT2D eigenvalue weighted by molar-refractivity contribution is 5.22. The summed E-state index contributed by atoms with van der Waals surface area (Å²) in [5.74, 6) is 1.86. The molecule has 3 aliphatic heterocycles. The number of aromatic nitrogens is 2. The van der Waals surface area contributed by atoms with Gasteiger partial charge in [-0.15, -0.1) is 0 Å². The van der Waals surface area contributed by atoms with E-state index in [0.717, 1.165) is 62.7 Å². The standard InChI is InChI=1S/C23H32N4O3/c1-16-9-20(24-30-16)15-25(2)13-18-3-4-22-19-10-17(12-27(22)23(18)28)11-26(14-19)21-5-7-29-8-6-21/h3-4,9,17,19,21H,5-8,10-15H2,1-2H3/t17-,19+/m0/s1. The third-order valence-electron chi connectivity index (χ3n) is 6.97. The van der Waals surface area contributed by atoms with Crippen molar-refractivity contribution in [2.45, 2.75) is 57.8 Å². The van der Waals surface area contributed by atoms with Crippen LogP contribution in [0.1, 0.15) is 47.9 Å². The highest BCUT2D eigenvalue weighted by Crippen LogP contribution is 2.37. The highest BCUT2D eigenvalue weighted by atomic mass is 16.5. The Labute approximate surface area is 177 Å². The van der Waals surface area contributed by atoms with E-state index in [-0.39, 0.29) is 5.56 Å². The minimum Gasteiger partial charge on any atom is -0.381 e. The van der Waals surface area contributed by atoms with Crippen LogP contribution in [0, 0.1) is 12.8 Å². The van der Waals surface area contributed by atoms with Crippen LogP contribution in [0.3, 0.4) is 0 Å². The van der Waals surface area contributed by atoms with Gasteiger partial charge in [-0.2, -0.15) is 0 Å². The Morgan fingerprint density at radius 1 is 1.17 bits per heavy atom. The summed E-state index contributed by atoms with van der Waals surface area (Å²) in [5, 5.41) is 4.06. The Balaban J connectivity index is 1.31. The Morgan fingerprint density at radius 2 is 2.00 bits per heavy atom. The zero-order chi connectivity index (χ0) is 20.7. The quantitative estimate of drug-likeness (QED) is 0.751. The largest absolute Gasteiger partial charge is 0.381 e. The average Bonchev–Trinajstić information content (AvgIpc) is 3.15. The minimum atomic E-state index is 0.185. The number of pyridine rings is 1. The van der Waals surface area contributed by atoms with Crippen LogP contribution in [0.2, 0.25) is 0 Å². The van der Waals surface area contributed by atoms with E-state index in [1.54, 1.807) is 0 Å². The summed E-state index contributed by atoms with van der Waals surface area (Å²) >= 11 is 0. The van der Waals surface area contributed by atoms with Crippen LogP contribution in [0.15, 0.2) is 27.5 Å². The van der Waals surface area contributed by atoms with Crippen molar-refractivity contribution >= 4 is 0 Å². The fourth-order valence-electron chi connectivity index (χ4n) is 5.61. The van der Waals surface area contributed by atoms with Crippen LogP contribution >= 0.6 is 0 Å². The summed E-state index contributed by atoms with van der Waals surface area (Å²) in [4.78, 5) is 18.1. The van der Waals surface area contributed by atoms with E-state index in [9.17, 15) is 4.79 Å². The van der Waals surface area contributed by atoms with Crippen molar-refractivity contribution < 1.29 is 9.26 Å². The van der Waals surface area contributed by atoms with Crippen molar-refractivity contribution in [2.75, 3.05) is 33.4 Å². The predicted octanol–water partition coefficient (Wildman–Crippen LogP) is 2.37. The maximum Gasteiger partial charge on any atom is 0.255 e. The number of rotatable bonds is 5.